The molecule has 0 aliphatic carbocycles. The lowest BCUT2D eigenvalue weighted by atomic mass is 10.0. The minimum absolute atomic E-state index is 0.270. The highest BCUT2D eigenvalue weighted by atomic mass is 31.2. The van der Waals surface area contributed by atoms with Crippen LogP contribution in [0, 0.1) is 0 Å². The summed E-state index contributed by atoms with van der Waals surface area (Å²) in [4.78, 5) is 13.3. The normalized spacial score (nSPS) is 11.9. The van der Waals surface area contributed by atoms with Crippen molar-refractivity contribution in [3.8, 4) is 11.5 Å². The molecule has 0 spiro atoms. The maximum absolute atomic E-state index is 13.3. The maximum atomic E-state index is 13.3. The molecule has 0 amide bonds. The van der Waals surface area contributed by atoms with Gasteiger partial charge in [0.05, 0.1) is 0 Å². The minimum Gasteiger partial charge on any atom is -0.736 e. The van der Waals surface area contributed by atoms with Gasteiger partial charge in [0, 0.05) is 21.5 Å². The van der Waals surface area contributed by atoms with E-state index < -0.39 is 7.82 Å². The van der Waals surface area contributed by atoms with Gasteiger partial charge in [0.1, 0.15) is 11.5 Å². The van der Waals surface area contributed by atoms with Crippen molar-refractivity contribution in [3.05, 3.63) is 109 Å². The summed E-state index contributed by atoms with van der Waals surface area (Å²) in [5, 5.41) is 6.39. The summed E-state index contributed by atoms with van der Waals surface area (Å²) in [6.45, 7) is 0. The van der Waals surface area contributed by atoms with Crippen molar-refractivity contribution in [2.45, 2.75) is 0 Å². The molecule has 160 valence electrons. The summed E-state index contributed by atoms with van der Waals surface area (Å²) < 4.78 is 24.7. The Morgan fingerprint density at radius 2 is 0.758 bits per heavy atom. The lowest BCUT2D eigenvalue weighted by Crippen LogP contribution is -2.14. The molecule has 0 saturated carbocycles. The highest BCUT2D eigenvalue weighted by molar-refractivity contribution is 7.46. The Bertz CT molecular complexity index is 1490. The van der Waals surface area contributed by atoms with Crippen LogP contribution in [-0.2, 0) is 4.57 Å². The third-order valence-corrected chi connectivity index (χ3v) is 6.66. The van der Waals surface area contributed by atoms with Crippen molar-refractivity contribution in [3.63, 3.8) is 0 Å². The lowest BCUT2D eigenvalue weighted by molar-refractivity contribution is -0.208. The fourth-order valence-corrected chi connectivity index (χ4v) is 5.26. The molecule has 0 bridgehead atoms. The molecular weight excluding hydrogens is 431 g/mol. The van der Waals surface area contributed by atoms with Crippen LogP contribution in [0.25, 0.3) is 43.1 Å². The lowest BCUT2D eigenvalue weighted by Gasteiger charge is -2.26. The van der Waals surface area contributed by atoms with E-state index in [1.54, 1.807) is 0 Å². The molecule has 0 N–H and O–H groups in total. The summed E-state index contributed by atoms with van der Waals surface area (Å²) in [6.07, 6.45) is 0. The Labute approximate surface area is 190 Å². The van der Waals surface area contributed by atoms with E-state index in [9.17, 15) is 9.46 Å². The van der Waals surface area contributed by atoms with Gasteiger partial charge >= 0.3 is 7.82 Å². The molecule has 0 atom stereocenters. The minimum atomic E-state index is -4.80. The molecule has 33 heavy (non-hydrogen) atoms. The summed E-state index contributed by atoms with van der Waals surface area (Å²) in [5.74, 6) is 0.540. The van der Waals surface area contributed by atoms with Gasteiger partial charge in [-0.1, -0.05) is 97.1 Å². The van der Waals surface area contributed by atoms with Gasteiger partial charge in [-0.2, -0.15) is 0 Å². The number of rotatable bonds is 4. The number of fused-ring (bicyclic) bond motifs is 4. The van der Waals surface area contributed by atoms with Gasteiger partial charge in [-0.15, -0.1) is 0 Å². The number of hydrogen-bond donors (Lipinski definition) is 0. The Morgan fingerprint density at radius 1 is 0.485 bits per heavy atom. The van der Waals surface area contributed by atoms with Gasteiger partial charge in [-0.3, -0.25) is 0 Å². The quantitative estimate of drug-likeness (QED) is 0.210. The van der Waals surface area contributed by atoms with E-state index in [0.717, 1.165) is 21.5 Å². The Balaban J connectivity index is 1.52. The van der Waals surface area contributed by atoms with E-state index in [4.69, 9.17) is 9.05 Å². The fourth-order valence-electron chi connectivity index (χ4n) is 4.38. The van der Waals surface area contributed by atoms with E-state index in [1.165, 1.54) is 0 Å². The van der Waals surface area contributed by atoms with E-state index >= 15 is 0 Å². The van der Waals surface area contributed by atoms with Gasteiger partial charge in [-0.25, -0.2) is 4.57 Å². The first-order valence-corrected chi connectivity index (χ1v) is 12.1. The first-order chi connectivity index (χ1) is 16.1. The van der Waals surface area contributed by atoms with Gasteiger partial charge in [0.25, 0.3) is 0 Å². The molecule has 0 fully saturated rings. The highest BCUT2D eigenvalue weighted by Crippen LogP contribution is 2.49. The molecule has 6 aromatic carbocycles. The zero-order valence-corrected chi connectivity index (χ0v) is 18.4. The average molecular weight is 449 g/mol. The van der Waals surface area contributed by atoms with Crippen LogP contribution in [0.4, 0.5) is 0 Å². The van der Waals surface area contributed by atoms with Crippen LogP contribution in [0.1, 0.15) is 0 Å². The van der Waals surface area contributed by atoms with Crippen LogP contribution in [0.15, 0.2) is 109 Å². The maximum Gasteiger partial charge on any atom is 0.372 e. The molecule has 6 rings (SSSR count). The number of benzene rings is 6. The largest absolute Gasteiger partial charge is 0.736 e. The molecule has 0 aromatic heterocycles. The van der Waals surface area contributed by atoms with Crippen LogP contribution in [-0.4, -0.2) is 0 Å². The zero-order valence-electron chi connectivity index (χ0n) is 17.5. The van der Waals surface area contributed by atoms with Crippen LogP contribution in [0.5, 0.6) is 11.5 Å². The molecule has 0 aliphatic rings. The second-order valence-electron chi connectivity index (χ2n) is 7.93. The van der Waals surface area contributed by atoms with E-state index in [-0.39, 0.29) is 11.5 Å². The summed E-state index contributed by atoms with van der Waals surface area (Å²) in [5.41, 5.74) is 0. The van der Waals surface area contributed by atoms with Gasteiger partial charge in [0.2, 0.25) is 0 Å². The molecule has 5 heteroatoms. The van der Waals surface area contributed by atoms with Crippen LogP contribution >= 0.6 is 7.82 Å². The summed E-state index contributed by atoms with van der Waals surface area (Å²) in [7, 11) is -4.80. The Morgan fingerprint density at radius 3 is 1.06 bits per heavy atom. The molecule has 4 nitrogen and oxygen atoms in total. The van der Waals surface area contributed by atoms with Crippen molar-refractivity contribution in [2.75, 3.05) is 0 Å². The Kier molecular flexibility index (Phi) is 4.58. The first kappa shape index (κ1) is 19.8. The molecule has 0 heterocycles. The molecule has 0 unspecified atom stereocenters. The van der Waals surface area contributed by atoms with Crippen molar-refractivity contribution in [1.29, 1.82) is 0 Å². The SMILES string of the molecule is O=P([O-])(Oc1c2ccccc2cc2ccccc12)Oc1c2ccccc2cc2ccccc12. The summed E-state index contributed by atoms with van der Waals surface area (Å²) >= 11 is 0. The van der Waals surface area contributed by atoms with Gasteiger partial charge in [-0.05, 0) is 33.7 Å². The number of hydrogen-bond acceptors (Lipinski definition) is 4. The van der Waals surface area contributed by atoms with Crippen molar-refractivity contribution >= 4 is 50.9 Å². The van der Waals surface area contributed by atoms with Gasteiger partial charge < -0.3 is 13.9 Å². The van der Waals surface area contributed by atoms with Crippen LogP contribution in [0.3, 0.4) is 0 Å². The van der Waals surface area contributed by atoms with Crippen LogP contribution < -0.4 is 13.9 Å². The van der Waals surface area contributed by atoms with Gasteiger partial charge in [0.15, 0.2) is 0 Å². The first-order valence-electron chi connectivity index (χ1n) is 10.6. The van der Waals surface area contributed by atoms with E-state index in [2.05, 4.69) is 0 Å². The van der Waals surface area contributed by atoms with Crippen molar-refractivity contribution in [1.82, 2.24) is 0 Å². The van der Waals surface area contributed by atoms with Crippen molar-refractivity contribution in [2.24, 2.45) is 0 Å². The molecule has 0 radical (unpaired) electrons. The molecule has 6 aromatic rings. The van der Waals surface area contributed by atoms with E-state index in [1.807, 2.05) is 109 Å². The topological polar surface area (TPSA) is 58.6 Å². The standard InChI is InChI=1S/C28H19O4P/c29-33(30,31-27-23-13-5-1-9-19(23)17-20-10-2-6-14-24(20)27)32-28-25-15-7-3-11-21(25)18-22-12-4-8-16-26(22)28/h1-18H,(H,29,30)/p-1. The Hall–Kier alpha value is -3.85. The second kappa shape index (κ2) is 7.63. The zero-order chi connectivity index (χ0) is 22.4. The molecule has 0 aliphatic heterocycles. The average Bonchev–Trinajstić information content (AvgIpc) is 2.83. The highest BCUT2D eigenvalue weighted by Gasteiger charge is 2.20. The second-order valence-corrected chi connectivity index (χ2v) is 9.19. The predicted molar refractivity (Wildman–Crippen MR) is 132 cm³/mol. The number of phosphoric ester groups is 1. The monoisotopic (exact) mass is 449 g/mol. The fraction of sp³-hybridized carbons (Fsp3) is 0. The predicted octanol–water partition coefficient (Wildman–Crippen LogP) is 7.23. The van der Waals surface area contributed by atoms with E-state index in [0.29, 0.717) is 21.5 Å². The smallest absolute Gasteiger partial charge is 0.372 e. The number of phosphoric acid groups is 1. The molecular formula is C28H18O4P-. The molecule has 0 saturated heterocycles. The third-order valence-electron chi connectivity index (χ3n) is 5.85. The van der Waals surface area contributed by atoms with Crippen LogP contribution in [0.2, 0.25) is 0 Å². The third kappa shape index (κ3) is 3.50. The van der Waals surface area contributed by atoms with Crippen molar-refractivity contribution < 1.29 is 18.5 Å². The summed E-state index contributed by atoms with van der Waals surface area (Å²) in [6, 6.07) is 34.3.